The van der Waals surface area contributed by atoms with Gasteiger partial charge in [0.15, 0.2) is 0 Å². The van der Waals surface area contributed by atoms with Crippen LogP contribution in [-0.4, -0.2) is 20.7 Å². The van der Waals surface area contributed by atoms with E-state index in [9.17, 15) is 4.79 Å². The normalized spacial score (nSPS) is 10.7. The molecule has 2 heterocycles. The second-order valence-electron chi connectivity index (χ2n) is 5.78. The van der Waals surface area contributed by atoms with Crippen LogP contribution in [0.2, 0.25) is 5.02 Å². The third-order valence-corrected chi connectivity index (χ3v) is 4.29. The molecule has 0 bridgehead atoms. The molecule has 3 N–H and O–H groups in total. The molecule has 0 aliphatic heterocycles. The van der Waals surface area contributed by atoms with Crippen LogP contribution in [0, 0.1) is 0 Å². The Morgan fingerprint density at radius 2 is 1.92 bits per heavy atom. The maximum Gasteiger partial charge on any atom is 0.256 e. The van der Waals surface area contributed by atoms with E-state index in [1.165, 1.54) is 0 Å². The van der Waals surface area contributed by atoms with Gasteiger partial charge in [-0.1, -0.05) is 18.5 Å². The van der Waals surface area contributed by atoms with Crippen molar-refractivity contribution in [3.63, 3.8) is 0 Å². The summed E-state index contributed by atoms with van der Waals surface area (Å²) in [6.45, 7) is 4.83. The number of nitrogen functional groups attached to an aromatic ring is 1. The number of anilines is 2. The minimum atomic E-state index is -0.270. The molecule has 1 aromatic carbocycles. The molecule has 26 heavy (non-hydrogen) atoms. The van der Waals surface area contributed by atoms with E-state index in [2.05, 4.69) is 22.3 Å². The number of carbonyl (C=O) groups is 1. The van der Waals surface area contributed by atoms with E-state index in [0.717, 1.165) is 29.9 Å². The highest BCUT2D eigenvalue weighted by atomic mass is 35.5. The molecule has 0 saturated carbocycles. The molecule has 0 fully saturated rings. The van der Waals surface area contributed by atoms with Crippen LogP contribution in [0.25, 0.3) is 11.3 Å². The van der Waals surface area contributed by atoms with Crippen LogP contribution >= 0.6 is 11.6 Å². The van der Waals surface area contributed by atoms with Gasteiger partial charge in [-0.3, -0.25) is 9.48 Å². The van der Waals surface area contributed by atoms with Crippen molar-refractivity contribution in [2.75, 3.05) is 11.1 Å². The van der Waals surface area contributed by atoms with Gasteiger partial charge in [-0.25, -0.2) is 4.98 Å². The SMILES string of the molecule is CCc1cc(-c2ccc(NC(=O)c3ccc(Cl)cc3)nc2N)n(CC)n1. The van der Waals surface area contributed by atoms with E-state index >= 15 is 0 Å². The maximum absolute atomic E-state index is 12.3. The van der Waals surface area contributed by atoms with Crippen molar-refractivity contribution in [1.29, 1.82) is 0 Å². The molecule has 0 aliphatic rings. The van der Waals surface area contributed by atoms with Crippen LogP contribution in [-0.2, 0) is 13.0 Å². The highest BCUT2D eigenvalue weighted by molar-refractivity contribution is 6.30. The van der Waals surface area contributed by atoms with E-state index in [1.54, 1.807) is 30.3 Å². The Morgan fingerprint density at radius 3 is 2.54 bits per heavy atom. The Morgan fingerprint density at radius 1 is 1.19 bits per heavy atom. The first-order valence-electron chi connectivity index (χ1n) is 8.42. The molecule has 0 unspecified atom stereocenters. The number of nitrogens with zero attached hydrogens (tertiary/aromatic N) is 3. The lowest BCUT2D eigenvalue weighted by molar-refractivity contribution is 0.102. The number of pyridine rings is 1. The fraction of sp³-hybridized carbons (Fsp3) is 0.211. The van der Waals surface area contributed by atoms with E-state index in [-0.39, 0.29) is 5.91 Å². The van der Waals surface area contributed by atoms with Crippen molar-refractivity contribution < 1.29 is 4.79 Å². The van der Waals surface area contributed by atoms with Crippen molar-refractivity contribution in [3.8, 4) is 11.3 Å². The molecule has 0 aliphatic carbocycles. The first kappa shape index (κ1) is 17.9. The molecule has 3 rings (SSSR count). The average molecular weight is 370 g/mol. The zero-order valence-corrected chi connectivity index (χ0v) is 15.4. The Bertz CT molecular complexity index is 934. The van der Waals surface area contributed by atoms with Crippen molar-refractivity contribution in [2.45, 2.75) is 26.8 Å². The van der Waals surface area contributed by atoms with Gasteiger partial charge in [0.25, 0.3) is 5.91 Å². The summed E-state index contributed by atoms with van der Waals surface area (Å²) < 4.78 is 1.90. The molecular formula is C19H20ClN5O. The van der Waals surface area contributed by atoms with E-state index < -0.39 is 0 Å². The minimum absolute atomic E-state index is 0.270. The molecule has 3 aromatic rings. The molecule has 0 spiro atoms. The number of benzene rings is 1. The summed E-state index contributed by atoms with van der Waals surface area (Å²) >= 11 is 5.84. The summed E-state index contributed by atoms with van der Waals surface area (Å²) in [4.78, 5) is 16.6. The second kappa shape index (κ2) is 7.58. The number of carbonyl (C=O) groups excluding carboxylic acids is 1. The minimum Gasteiger partial charge on any atom is -0.383 e. The Balaban J connectivity index is 1.84. The number of amides is 1. The summed E-state index contributed by atoms with van der Waals surface area (Å²) in [6.07, 6.45) is 0.850. The third-order valence-electron chi connectivity index (χ3n) is 4.04. The number of rotatable bonds is 5. The maximum atomic E-state index is 12.3. The summed E-state index contributed by atoms with van der Waals surface area (Å²) in [5.74, 6) is 0.467. The molecule has 0 atom stereocenters. The summed E-state index contributed by atoms with van der Waals surface area (Å²) in [7, 11) is 0. The monoisotopic (exact) mass is 369 g/mol. The number of halogens is 1. The average Bonchev–Trinajstić information content (AvgIpc) is 3.05. The van der Waals surface area contributed by atoms with Gasteiger partial charge in [0, 0.05) is 22.7 Å². The summed E-state index contributed by atoms with van der Waals surface area (Å²) in [5, 5.41) is 7.86. The first-order valence-corrected chi connectivity index (χ1v) is 8.80. The predicted molar refractivity (Wildman–Crippen MR) is 104 cm³/mol. The van der Waals surface area contributed by atoms with E-state index in [4.69, 9.17) is 17.3 Å². The fourth-order valence-corrected chi connectivity index (χ4v) is 2.78. The number of aromatic nitrogens is 3. The van der Waals surface area contributed by atoms with Crippen LogP contribution in [0.1, 0.15) is 29.9 Å². The Kier molecular flexibility index (Phi) is 5.23. The number of hydrogen-bond donors (Lipinski definition) is 2. The van der Waals surface area contributed by atoms with Crippen LogP contribution in [0.5, 0.6) is 0 Å². The van der Waals surface area contributed by atoms with Gasteiger partial charge >= 0.3 is 0 Å². The van der Waals surface area contributed by atoms with Crippen LogP contribution in [0.3, 0.4) is 0 Å². The van der Waals surface area contributed by atoms with Crippen molar-refractivity contribution in [1.82, 2.24) is 14.8 Å². The van der Waals surface area contributed by atoms with Gasteiger partial charge in [-0.2, -0.15) is 5.10 Å². The van der Waals surface area contributed by atoms with Gasteiger partial charge in [0.2, 0.25) is 0 Å². The number of nitrogens with two attached hydrogens (primary N) is 1. The molecular weight excluding hydrogens is 350 g/mol. The fourth-order valence-electron chi connectivity index (χ4n) is 2.65. The molecule has 2 aromatic heterocycles. The molecule has 0 radical (unpaired) electrons. The van der Waals surface area contributed by atoms with Crippen LogP contribution < -0.4 is 11.1 Å². The van der Waals surface area contributed by atoms with E-state index in [1.807, 2.05) is 23.7 Å². The highest BCUT2D eigenvalue weighted by Gasteiger charge is 2.14. The lowest BCUT2D eigenvalue weighted by Crippen LogP contribution is -2.13. The molecule has 7 heteroatoms. The van der Waals surface area contributed by atoms with E-state index in [0.29, 0.717) is 22.2 Å². The zero-order valence-electron chi connectivity index (χ0n) is 14.7. The number of hydrogen-bond acceptors (Lipinski definition) is 4. The lowest BCUT2D eigenvalue weighted by Gasteiger charge is -2.10. The first-order chi connectivity index (χ1) is 12.5. The van der Waals surface area contributed by atoms with Gasteiger partial charge in [-0.05, 0) is 55.8 Å². The van der Waals surface area contributed by atoms with Crippen molar-refractivity contribution in [2.24, 2.45) is 0 Å². The second-order valence-corrected chi connectivity index (χ2v) is 6.22. The Labute approximate surface area is 157 Å². The third kappa shape index (κ3) is 3.70. The summed E-state index contributed by atoms with van der Waals surface area (Å²) in [5.41, 5.74) is 9.35. The molecule has 134 valence electrons. The van der Waals surface area contributed by atoms with Crippen molar-refractivity contribution >= 4 is 29.1 Å². The summed E-state index contributed by atoms with van der Waals surface area (Å²) in [6, 6.07) is 12.2. The highest BCUT2D eigenvalue weighted by Crippen LogP contribution is 2.27. The molecule has 0 saturated heterocycles. The number of aryl methyl sites for hydroxylation is 2. The lowest BCUT2D eigenvalue weighted by atomic mass is 10.1. The Hall–Kier alpha value is -2.86. The van der Waals surface area contributed by atoms with Gasteiger partial charge in [0.05, 0.1) is 11.4 Å². The number of nitrogens with one attached hydrogen (secondary N) is 1. The van der Waals surface area contributed by atoms with Crippen LogP contribution in [0.15, 0.2) is 42.5 Å². The smallest absolute Gasteiger partial charge is 0.256 e. The van der Waals surface area contributed by atoms with Gasteiger partial charge in [-0.15, -0.1) is 0 Å². The topological polar surface area (TPSA) is 85.8 Å². The zero-order chi connectivity index (χ0) is 18.7. The quantitative estimate of drug-likeness (QED) is 0.711. The van der Waals surface area contributed by atoms with Crippen molar-refractivity contribution in [3.05, 3.63) is 58.7 Å². The largest absolute Gasteiger partial charge is 0.383 e. The van der Waals surface area contributed by atoms with Gasteiger partial charge in [0.1, 0.15) is 11.6 Å². The molecule has 6 nitrogen and oxygen atoms in total. The van der Waals surface area contributed by atoms with Gasteiger partial charge < -0.3 is 11.1 Å². The predicted octanol–water partition coefficient (Wildman–Crippen LogP) is 4.02. The standard InChI is InChI=1S/C19H20ClN5O/c1-3-14-11-16(25(4-2)24-14)15-9-10-17(22-18(15)21)23-19(26)12-5-7-13(20)8-6-12/h5-11H,3-4H2,1-2H3,(H3,21,22,23,26). The molecule has 1 amide bonds. The van der Waals surface area contributed by atoms with Crippen LogP contribution in [0.4, 0.5) is 11.6 Å².